The minimum absolute atomic E-state index is 0.282. The molecule has 0 N–H and O–H groups in total. The first-order chi connectivity index (χ1) is 7.10. The summed E-state index contributed by atoms with van der Waals surface area (Å²) in [5.74, 6) is -0.843. The monoisotopic (exact) mass is 243 g/mol. The zero-order chi connectivity index (χ0) is 11.4. The summed E-state index contributed by atoms with van der Waals surface area (Å²) in [5, 5.41) is 0. The zero-order valence-corrected chi connectivity index (χ0v) is 9.69. The highest BCUT2D eigenvalue weighted by molar-refractivity contribution is 8.26. The Morgan fingerprint density at radius 2 is 2.40 bits per heavy atom. The normalized spacial score (nSPS) is 18.5. The van der Waals surface area contributed by atoms with Crippen LogP contribution < -0.4 is 0 Å². The Morgan fingerprint density at radius 3 is 2.93 bits per heavy atom. The van der Waals surface area contributed by atoms with E-state index in [2.05, 4.69) is 11.3 Å². The predicted molar refractivity (Wildman–Crippen MR) is 62.2 cm³/mol. The first kappa shape index (κ1) is 11.9. The van der Waals surface area contributed by atoms with E-state index in [9.17, 15) is 9.59 Å². The minimum atomic E-state index is -0.561. The summed E-state index contributed by atoms with van der Waals surface area (Å²) >= 11 is 6.06. The number of hydrogen-bond donors (Lipinski definition) is 0. The van der Waals surface area contributed by atoms with Crippen LogP contribution in [0.4, 0.5) is 0 Å². The molecule has 0 aromatic rings. The van der Waals surface area contributed by atoms with Crippen LogP contribution in [0.3, 0.4) is 0 Å². The van der Waals surface area contributed by atoms with E-state index in [1.54, 1.807) is 6.08 Å². The van der Waals surface area contributed by atoms with Gasteiger partial charge >= 0.3 is 5.97 Å². The Balaban J connectivity index is 2.86. The number of carbonyl (C=O) groups excluding carboxylic acids is 2. The lowest BCUT2D eigenvalue weighted by atomic mass is 10.4. The van der Waals surface area contributed by atoms with Gasteiger partial charge in [-0.05, 0) is 0 Å². The van der Waals surface area contributed by atoms with E-state index < -0.39 is 5.97 Å². The van der Waals surface area contributed by atoms with Crippen LogP contribution in [0.5, 0.6) is 0 Å². The maximum Gasteiger partial charge on any atom is 0.331 e. The maximum atomic E-state index is 11.7. The number of esters is 1. The van der Waals surface area contributed by atoms with Crippen LogP contribution in [-0.4, -0.2) is 34.8 Å². The number of methoxy groups -OCH3 is 1. The smallest absolute Gasteiger partial charge is 0.331 e. The molecular weight excluding hydrogens is 234 g/mol. The average molecular weight is 243 g/mol. The molecular formula is C9H9NO3S2. The number of nitrogens with zero attached hydrogens (tertiary/aromatic N) is 1. The van der Waals surface area contributed by atoms with Crippen molar-refractivity contribution in [1.29, 1.82) is 0 Å². The van der Waals surface area contributed by atoms with Crippen molar-refractivity contribution in [2.75, 3.05) is 13.7 Å². The molecule has 0 aromatic heterocycles. The third-order valence-corrected chi connectivity index (χ3v) is 3.01. The Hall–Kier alpha value is -1.14. The Morgan fingerprint density at radius 1 is 1.73 bits per heavy atom. The number of hydrogen-bond acceptors (Lipinski definition) is 5. The lowest BCUT2D eigenvalue weighted by molar-refractivity contribution is -0.135. The molecule has 0 aromatic carbocycles. The highest BCUT2D eigenvalue weighted by Gasteiger charge is 2.31. The highest BCUT2D eigenvalue weighted by atomic mass is 32.2. The first-order valence-electron chi connectivity index (χ1n) is 4.04. The SMILES string of the molecule is C=CCN1C(=O)/C(=C/C(=O)OC)SC1=S. The van der Waals surface area contributed by atoms with Crippen LogP contribution in [0.25, 0.3) is 0 Å². The lowest BCUT2D eigenvalue weighted by Crippen LogP contribution is -2.28. The van der Waals surface area contributed by atoms with Crippen LogP contribution in [0.1, 0.15) is 0 Å². The molecule has 0 bridgehead atoms. The molecule has 15 heavy (non-hydrogen) atoms. The molecule has 1 amide bonds. The number of carbonyl (C=O) groups is 2. The quantitative estimate of drug-likeness (QED) is 0.321. The number of thiocarbonyl (C=S) groups is 1. The summed E-state index contributed by atoms with van der Waals surface area (Å²) in [4.78, 5) is 24.3. The molecule has 6 heteroatoms. The van der Waals surface area contributed by atoms with Gasteiger partial charge in [0, 0.05) is 12.6 Å². The zero-order valence-electron chi connectivity index (χ0n) is 8.06. The molecule has 0 spiro atoms. The molecule has 1 aliphatic rings. The fourth-order valence-electron chi connectivity index (χ4n) is 0.952. The van der Waals surface area contributed by atoms with E-state index in [1.165, 1.54) is 12.0 Å². The molecule has 0 atom stereocenters. The van der Waals surface area contributed by atoms with Gasteiger partial charge in [-0.2, -0.15) is 0 Å². The molecule has 1 saturated heterocycles. The van der Waals surface area contributed by atoms with E-state index in [0.29, 0.717) is 10.9 Å². The summed E-state index contributed by atoms with van der Waals surface area (Å²) in [6.07, 6.45) is 2.72. The topological polar surface area (TPSA) is 46.6 Å². The predicted octanol–water partition coefficient (Wildman–Crippen LogP) is 1.09. The van der Waals surface area contributed by atoms with E-state index >= 15 is 0 Å². The van der Waals surface area contributed by atoms with Crippen LogP contribution in [-0.2, 0) is 14.3 Å². The summed E-state index contributed by atoms with van der Waals surface area (Å²) in [7, 11) is 1.25. The van der Waals surface area contributed by atoms with Crippen molar-refractivity contribution in [2.45, 2.75) is 0 Å². The van der Waals surface area contributed by atoms with Crippen molar-refractivity contribution in [3.8, 4) is 0 Å². The molecule has 0 saturated carbocycles. The van der Waals surface area contributed by atoms with Gasteiger partial charge in [0.2, 0.25) is 0 Å². The fourth-order valence-corrected chi connectivity index (χ4v) is 2.19. The standard InChI is InChI=1S/C9H9NO3S2/c1-3-4-10-8(12)6(15-9(10)14)5-7(11)13-2/h3,5H,1,4H2,2H3/b6-5-. The average Bonchev–Trinajstić information content (AvgIpc) is 2.46. The van der Waals surface area contributed by atoms with Gasteiger partial charge in [-0.3, -0.25) is 9.69 Å². The van der Waals surface area contributed by atoms with Crippen molar-refractivity contribution in [3.05, 3.63) is 23.6 Å². The molecule has 0 aliphatic carbocycles. The third kappa shape index (κ3) is 2.66. The second kappa shape index (κ2) is 5.09. The van der Waals surface area contributed by atoms with Gasteiger partial charge in [-0.25, -0.2) is 4.79 Å². The fraction of sp³-hybridized carbons (Fsp3) is 0.222. The molecule has 80 valence electrons. The van der Waals surface area contributed by atoms with Crippen molar-refractivity contribution >= 4 is 40.2 Å². The maximum absolute atomic E-state index is 11.7. The van der Waals surface area contributed by atoms with Gasteiger partial charge < -0.3 is 4.74 Å². The number of thioether (sulfide) groups is 1. The molecule has 4 nitrogen and oxygen atoms in total. The number of ether oxygens (including phenoxy) is 1. The van der Waals surface area contributed by atoms with Gasteiger partial charge in [0.15, 0.2) is 0 Å². The molecule has 1 aliphatic heterocycles. The summed E-state index contributed by atoms with van der Waals surface area (Å²) < 4.78 is 4.85. The van der Waals surface area contributed by atoms with Crippen molar-refractivity contribution in [1.82, 2.24) is 4.90 Å². The van der Waals surface area contributed by atoms with Crippen molar-refractivity contribution in [3.63, 3.8) is 0 Å². The lowest BCUT2D eigenvalue weighted by Gasteiger charge is -2.10. The van der Waals surface area contributed by atoms with Gasteiger partial charge in [-0.1, -0.05) is 30.1 Å². The van der Waals surface area contributed by atoms with E-state index in [4.69, 9.17) is 12.2 Å². The summed E-state index contributed by atoms with van der Waals surface area (Å²) in [6, 6.07) is 0. The first-order valence-corrected chi connectivity index (χ1v) is 5.27. The number of rotatable bonds is 3. The second-order valence-electron chi connectivity index (χ2n) is 2.60. The van der Waals surface area contributed by atoms with Crippen molar-refractivity contribution < 1.29 is 14.3 Å². The molecule has 1 heterocycles. The molecule has 1 rings (SSSR count). The minimum Gasteiger partial charge on any atom is -0.466 e. The van der Waals surface area contributed by atoms with Gasteiger partial charge in [0.25, 0.3) is 5.91 Å². The third-order valence-electron chi connectivity index (χ3n) is 1.64. The summed E-state index contributed by atoms with van der Waals surface area (Å²) in [6.45, 7) is 3.87. The molecule has 1 fully saturated rings. The molecule has 0 radical (unpaired) electrons. The Labute approximate surface area is 97.0 Å². The summed E-state index contributed by atoms with van der Waals surface area (Å²) in [5.41, 5.74) is 0. The Kier molecular flexibility index (Phi) is 4.05. The molecule has 0 unspecified atom stereocenters. The van der Waals surface area contributed by atoms with Gasteiger partial charge in [0.05, 0.1) is 12.0 Å². The van der Waals surface area contributed by atoms with Crippen molar-refractivity contribution in [2.24, 2.45) is 0 Å². The number of amides is 1. The van der Waals surface area contributed by atoms with E-state index in [0.717, 1.165) is 17.8 Å². The van der Waals surface area contributed by atoms with E-state index in [1.807, 2.05) is 0 Å². The van der Waals surface area contributed by atoms with Crippen LogP contribution in [0.2, 0.25) is 0 Å². The van der Waals surface area contributed by atoms with Gasteiger partial charge in [0.1, 0.15) is 4.32 Å². The largest absolute Gasteiger partial charge is 0.466 e. The highest BCUT2D eigenvalue weighted by Crippen LogP contribution is 2.30. The van der Waals surface area contributed by atoms with Gasteiger partial charge in [-0.15, -0.1) is 6.58 Å². The second-order valence-corrected chi connectivity index (χ2v) is 4.28. The van der Waals surface area contributed by atoms with Crippen LogP contribution in [0, 0.1) is 0 Å². The van der Waals surface area contributed by atoms with Crippen LogP contribution in [0.15, 0.2) is 23.6 Å². The van der Waals surface area contributed by atoms with Crippen LogP contribution >= 0.6 is 24.0 Å². The Bertz CT molecular complexity index is 362. The van der Waals surface area contributed by atoms with E-state index in [-0.39, 0.29) is 10.8 Å².